The third-order valence-corrected chi connectivity index (χ3v) is 2.93. The Hall–Kier alpha value is -0.750. The highest BCUT2D eigenvalue weighted by molar-refractivity contribution is 9.10. The van der Waals surface area contributed by atoms with Gasteiger partial charge in [0.1, 0.15) is 22.7 Å². The normalized spacial score (nSPS) is 14.8. The largest absolute Gasteiger partial charge is 0.490 e. The van der Waals surface area contributed by atoms with Crippen LogP contribution in [-0.2, 0) is 0 Å². The zero-order valence-corrected chi connectivity index (χ0v) is 12.9. The summed E-state index contributed by atoms with van der Waals surface area (Å²) in [5, 5.41) is 0. The molecule has 2 N–H and O–H groups in total. The summed E-state index contributed by atoms with van der Waals surface area (Å²) in [7, 11) is 0. The van der Waals surface area contributed by atoms with Gasteiger partial charge < -0.3 is 10.5 Å². The lowest BCUT2D eigenvalue weighted by atomic mass is 9.93. The first kappa shape index (κ1) is 16.3. The molecule has 0 radical (unpaired) electrons. The Balaban J connectivity index is 2.77. The van der Waals surface area contributed by atoms with Crippen LogP contribution in [-0.4, -0.2) is 17.1 Å². The summed E-state index contributed by atoms with van der Waals surface area (Å²) in [4.78, 5) is 3.74. The van der Waals surface area contributed by atoms with Crippen molar-refractivity contribution in [2.75, 3.05) is 6.61 Å². The number of aromatic nitrogens is 1. The van der Waals surface area contributed by atoms with E-state index in [4.69, 9.17) is 10.5 Å². The average Bonchev–Trinajstić information content (AvgIpc) is 2.25. The second kappa shape index (κ2) is 6.61. The maximum Gasteiger partial charge on any atom is 0.284 e. The second-order valence-electron chi connectivity index (χ2n) is 5.36. The van der Waals surface area contributed by atoms with Gasteiger partial charge in [-0.15, -0.1) is 0 Å². The van der Waals surface area contributed by atoms with Crippen molar-refractivity contribution < 1.29 is 13.5 Å². The summed E-state index contributed by atoms with van der Waals surface area (Å²) in [6.07, 6.45) is -1.93. The number of ether oxygens (including phenoxy) is 1. The van der Waals surface area contributed by atoms with E-state index in [0.29, 0.717) is 10.5 Å². The summed E-state index contributed by atoms with van der Waals surface area (Å²) >= 11 is 3.06. The van der Waals surface area contributed by atoms with Gasteiger partial charge in [-0.05, 0) is 47.3 Å². The quantitative estimate of drug-likeness (QED) is 0.801. The van der Waals surface area contributed by atoms with Crippen LogP contribution in [0.25, 0.3) is 0 Å². The highest BCUT2D eigenvalue weighted by Gasteiger charge is 2.23. The zero-order chi connectivity index (χ0) is 14.6. The summed E-state index contributed by atoms with van der Waals surface area (Å²) < 4.78 is 31.5. The molecule has 1 aromatic heterocycles. The lowest BCUT2D eigenvalue weighted by Gasteiger charge is -2.27. The molecule has 1 unspecified atom stereocenters. The Labute approximate surface area is 120 Å². The fourth-order valence-electron chi connectivity index (χ4n) is 1.95. The summed E-state index contributed by atoms with van der Waals surface area (Å²) in [5.41, 5.74) is 5.16. The molecule has 1 heterocycles. The van der Waals surface area contributed by atoms with E-state index in [1.807, 2.05) is 6.92 Å². The number of nitrogens with zero attached hydrogens (tertiary/aromatic N) is 1. The maximum atomic E-state index is 12.8. The van der Waals surface area contributed by atoms with Crippen LogP contribution < -0.4 is 10.5 Å². The second-order valence-corrected chi connectivity index (χ2v) is 6.17. The SMILES string of the molecule is CC(C)CC(C)(N)COc1ccc(Br)nc1C(F)F. The smallest absolute Gasteiger partial charge is 0.284 e. The van der Waals surface area contributed by atoms with Crippen molar-refractivity contribution in [3.05, 3.63) is 22.4 Å². The third kappa shape index (κ3) is 5.40. The van der Waals surface area contributed by atoms with Crippen LogP contribution in [0.15, 0.2) is 16.7 Å². The van der Waals surface area contributed by atoms with E-state index in [1.54, 1.807) is 6.07 Å². The average molecular weight is 337 g/mol. The van der Waals surface area contributed by atoms with Crippen LogP contribution in [0.2, 0.25) is 0 Å². The van der Waals surface area contributed by atoms with E-state index in [-0.39, 0.29) is 18.1 Å². The molecule has 0 saturated carbocycles. The molecule has 3 nitrogen and oxygen atoms in total. The van der Waals surface area contributed by atoms with Gasteiger partial charge >= 0.3 is 0 Å². The molecule has 6 heteroatoms. The molecule has 0 bridgehead atoms. The van der Waals surface area contributed by atoms with Gasteiger partial charge in [0.25, 0.3) is 6.43 Å². The Morgan fingerprint density at radius 3 is 2.58 bits per heavy atom. The number of halogens is 3. The van der Waals surface area contributed by atoms with Crippen molar-refractivity contribution in [1.29, 1.82) is 0 Å². The summed E-state index contributed by atoms with van der Waals surface area (Å²) in [5.74, 6) is 0.495. The zero-order valence-electron chi connectivity index (χ0n) is 11.3. The maximum absolute atomic E-state index is 12.8. The lowest BCUT2D eigenvalue weighted by molar-refractivity contribution is 0.134. The predicted octanol–water partition coefficient (Wildman–Crippen LogP) is 3.92. The van der Waals surface area contributed by atoms with Crippen molar-refractivity contribution in [2.45, 2.75) is 39.2 Å². The van der Waals surface area contributed by atoms with Gasteiger partial charge in [0.15, 0.2) is 0 Å². The van der Waals surface area contributed by atoms with Gasteiger partial charge in [-0.1, -0.05) is 13.8 Å². The molecular weight excluding hydrogens is 318 g/mol. The minimum atomic E-state index is -2.68. The first-order valence-corrected chi connectivity index (χ1v) is 6.87. The molecule has 0 spiro atoms. The molecule has 0 aromatic carbocycles. The molecular formula is C13H19BrF2N2O. The third-order valence-electron chi connectivity index (χ3n) is 2.49. The summed E-state index contributed by atoms with van der Waals surface area (Å²) in [6.45, 7) is 6.13. The standard InChI is InChI=1S/C13H19BrF2N2O/c1-8(2)6-13(3,17)7-19-9-4-5-10(14)18-11(9)12(15)16/h4-5,8,12H,6-7,17H2,1-3H3. The van der Waals surface area contributed by atoms with Gasteiger partial charge in [-0.3, -0.25) is 0 Å². The Morgan fingerprint density at radius 2 is 2.05 bits per heavy atom. The monoisotopic (exact) mass is 336 g/mol. The minimum Gasteiger partial charge on any atom is -0.490 e. The molecule has 1 rings (SSSR count). The molecule has 0 fully saturated rings. The van der Waals surface area contributed by atoms with Crippen molar-refractivity contribution in [3.63, 3.8) is 0 Å². The first-order valence-electron chi connectivity index (χ1n) is 6.07. The molecule has 0 amide bonds. The van der Waals surface area contributed by atoms with Crippen LogP contribution >= 0.6 is 15.9 Å². The van der Waals surface area contributed by atoms with Gasteiger partial charge in [-0.25, -0.2) is 13.8 Å². The fraction of sp³-hybridized carbons (Fsp3) is 0.615. The molecule has 19 heavy (non-hydrogen) atoms. The Morgan fingerprint density at radius 1 is 1.42 bits per heavy atom. The van der Waals surface area contributed by atoms with Crippen LogP contribution in [0, 0.1) is 5.92 Å². The number of alkyl halides is 2. The molecule has 1 atom stereocenters. The number of hydrogen-bond donors (Lipinski definition) is 1. The molecule has 0 aliphatic carbocycles. The van der Waals surface area contributed by atoms with E-state index in [2.05, 4.69) is 34.8 Å². The Bertz CT molecular complexity index is 425. The van der Waals surface area contributed by atoms with Crippen molar-refractivity contribution >= 4 is 15.9 Å². The van der Waals surface area contributed by atoms with Crippen LogP contribution in [0.5, 0.6) is 5.75 Å². The minimum absolute atomic E-state index is 0.0821. The molecule has 0 aliphatic rings. The molecule has 0 aliphatic heterocycles. The van der Waals surface area contributed by atoms with E-state index in [9.17, 15) is 8.78 Å². The van der Waals surface area contributed by atoms with E-state index in [0.717, 1.165) is 6.42 Å². The molecule has 108 valence electrons. The number of pyridine rings is 1. The van der Waals surface area contributed by atoms with Crippen LogP contribution in [0.1, 0.15) is 39.3 Å². The fourth-order valence-corrected chi connectivity index (χ4v) is 2.27. The number of nitrogens with two attached hydrogens (primary N) is 1. The number of rotatable bonds is 6. The predicted molar refractivity (Wildman–Crippen MR) is 74.4 cm³/mol. The summed E-state index contributed by atoms with van der Waals surface area (Å²) in [6, 6.07) is 3.04. The number of hydrogen-bond acceptors (Lipinski definition) is 3. The van der Waals surface area contributed by atoms with Crippen molar-refractivity contribution in [2.24, 2.45) is 11.7 Å². The van der Waals surface area contributed by atoms with E-state index < -0.39 is 12.0 Å². The highest BCUT2D eigenvalue weighted by Crippen LogP contribution is 2.29. The van der Waals surface area contributed by atoms with Crippen LogP contribution in [0.4, 0.5) is 8.78 Å². The van der Waals surface area contributed by atoms with Crippen LogP contribution in [0.3, 0.4) is 0 Å². The highest BCUT2D eigenvalue weighted by atomic mass is 79.9. The van der Waals surface area contributed by atoms with Gasteiger partial charge in [0.05, 0.1) is 0 Å². The molecule has 1 aromatic rings. The van der Waals surface area contributed by atoms with E-state index >= 15 is 0 Å². The Kier molecular flexibility index (Phi) is 5.67. The first-order chi connectivity index (χ1) is 8.71. The van der Waals surface area contributed by atoms with Crippen molar-refractivity contribution in [1.82, 2.24) is 4.98 Å². The lowest BCUT2D eigenvalue weighted by Crippen LogP contribution is -2.43. The topological polar surface area (TPSA) is 48.1 Å². The van der Waals surface area contributed by atoms with Gasteiger partial charge in [0.2, 0.25) is 0 Å². The van der Waals surface area contributed by atoms with Gasteiger partial charge in [0, 0.05) is 5.54 Å². The van der Waals surface area contributed by atoms with Crippen molar-refractivity contribution in [3.8, 4) is 5.75 Å². The molecule has 0 saturated heterocycles. The van der Waals surface area contributed by atoms with Gasteiger partial charge in [-0.2, -0.15) is 0 Å². The van der Waals surface area contributed by atoms with E-state index in [1.165, 1.54) is 6.07 Å².